The Kier molecular flexibility index (Phi) is 8.30. The van der Waals surface area contributed by atoms with Gasteiger partial charge in [-0.1, -0.05) is 57.2 Å². The molecule has 0 radical (unpaired) electrons. The molecule has 0 bridgehead atoms. The van der Waals surface area contributed by atoms with E-state index in [1.54, 1.807) is 0 Å². The third-order valence-electron chi connectivity index (χ3n) is 5.34. The highest BCUT2D eigenvalue weighted by Crippen LogP contribution is 2.34. The van der Waals surface area contributed by atoms with Gasteiger partial charge in [-0.15, -0.1) is 12.4 Å². The molecule has 0 saturated carbocycles. The van der Waals surface area contributed by atoms with E-state index in [0.29, 0.717) is 37.6 Å². The van der Waals surface area contributed by atoms with Crippen molar-refractivity contribution >= 4 is 18.3 Å². The number of benzene rings is 2. The lowest BCUT2D eigenvalue weighted by molar-refractivity contribution is -0.119. The van der Waals surface area contributed by atoms with E-state index >= 15 is 0 Å². The molecule has 2 aromatic carbocycles. The van der Waals surface area contributed by atoms with Crippen molar-refractivity contribution in [3.8, 4) is 5.75 Å². The summed E-state index contributed by atoms with van der Waals surface area (Å²) in [5.74, 6) is 0.711. The molecule has 1 aliphatic heterocycles. The average molecular weight is 433 g/mol. The molecule has 1 aliphatic rings. The molecular weight excluding hydrogens is 400 g/mol. The fourth-order valence-corrected chi connectivity index (χ4v) is 3.49. The van der Waals surface area contributed by atoms with Gasteiger partial charge in [-0.2, -0.15) is 0 Å². The number of hydrogen-bond donors (Lipinski definition) is 1. The summed E-state index contributed by atoms with van der Waals surface area (Å²) in [6.07, 6.45) is -0.194. The lowest BCUT2D eigenvalue weighted by Gasteiger charge is -2.43. The molecular formula is C24H33ClN2O3. The van der Waals surface area contributed by atoms with E-state index < -0.39 is 0 Å². The molecule has 1 amide bonds. The average Bonchev–Trinajstić information content (AvgIpc) is 2.72. The third-order valence-corrected chi connectivity index (χ3v) is 5.34. The van der Waals surface area contributed by atoms with Crippen LogP contribution in [0.5, 0.6) is 5.75 Å². The number of rotatable bonds is 5. The van der Waals surface area contributed by atoms with E-state index in [0.717, 1.165) is 11.1 Å². The van der Waals surface area contributed by atoms with E-state index in [-0.39, 0.29) is 35.9 Å². The van der Waals surface area contributed by atoms with Gasteiger partial charge in [0.25, 0.3) is 5.91 Å². The molecule has 0 aromatic heterocycles. The summed E-state index contributed by atoms with van der Waals surface area (Å²) in [7, 11) is 0. The van der Waals surface area contributed by atoms with Crippen LogP contribution in [-0.2, 0) is 4.74 Å². The summed E-state index contributed by atoms with van der Waals surface area (Å²) in [6, 6.07) is 15.7. The number of nitrogens with zero attached hydrogens (tertiary/aromatic N) is 1. The Hall–Kier alpha value is -2.08. The van der Waals surface area contributed by atoms with Crippen LogP contribution >= 0.6 is 12.4 Å². The minimum Gasteiger partial charge on any atom is -0.492 e. The van der Waals surface area contributed by atoms with Gasteiger partial charge in [0.15, 0.2) is 0 Å². The van der Waals surface area contributed by atoms with Crippen LogP contribution < -0.4 is 10.5 Å². The van der Waals surface area contributed by atoms with Crippen molar-refractivity contribution in [2.45, 2.75) is 39.9 Å². The van der Waals surface area contributed by atoms with Gasteiger partial charge in [0.05, 0.1) is 12.6 Å². The quantitative estimate of drug-likeness (QED) is 0.761. The number of morpholine rings is 1. The number of halogens is 1. The summed E-state index contributed by atoms with van der Waals surface area (Å²) < 4.78 is 12.1. The van der Waals surface area contributed by atoms with Crippen molar-refractivity contribution in [1.29, 1.82) is 0 Å². The van der Waals surface area contributed by atoms with E-state index in [4.69, 9.17) is 15.2 Å². The van der Waals surface area contributed by atoms with Crippen LogP contribution in [0.1, 0.15) is 48.4 Å². The second kappa shape index (κ2) is 10.3. The number of carbonyl (C=O) groups is 1. The summed E-state index contributed by atoms with van der Waals surface area (Å²) in [5.41, 5.74) is 8.19. The summed E-state index contributed by atoms with van der Waals surface area (Å²) >= 11 is 0. The maximum absolute atomic E-state index is 13.4. The summed E-state index contributed by atoms with van der Waals surface area (Å²) in [5, 5.41) is 0. The van der Waals surface area contributed by atoms with Gasteiger partial charge < -0.3 is 20.1 Å². The lowest BCUT2D eigenvalue weighted by atomic mass is 9.87. The Morgan fingerprint density at radius 1 is 1.17 bits per heavy atom. The highest BCUT2D eigenvalue weighted by molar-refractivity contribution is 5.95. The largest absolute Gasteiger partial charge is 0.492 e. The van der Waals surface area contributed by atoms with Gasteiger partial charge in [-0.05, 0) is 35.6 Å². The minimum atomic E-state index is -0.142. The van der Waals surface area contributed by atoms with Crippen LogP contribution in [0.2, 0.25) is 0 Å². The molecule has 0 unspecified atom stereocenters. The molecule has 1 saturated heterocycles. The first kappa shape index (κ1) is 24.2. The van der Waals surface area contributed by atoms with Crippen LogP contribution in [-0.4, -0.2) is 43.2 Å². The Balaban J connectivity index is 0.00000320. The van der Waals surface area contributed by atoms with Crippen LogP contribution in [0.4, 0.5) is 0 Å². The SMILES string of the molecule is Cc1ccc(C(=O)N2C[C@@H](c3ccccc3)O[C@@H](C(C)(C)C)C2)cc1OCCN.Cl. The molecule has 1 fully saturated rings. The highest BCUT2D eigenvalue weighted by atomic mass is 35.5. The van der Waals surface area contributed by atoms with Gasteiger partial charge in [0.1, 0.15) is 18.5 Å². The Bertz CT molecular complexity index is 836. The zero-order chi connectivity index (χ0) is 21.0. The van der Waals surface area contributed by atoms with Crippen molar-refractivity contribution in [2.75, 3.05) is 26.2 Å². The molecule has 2 aromatic rings. The Morgan fingerprint density at radius 3 is 2.50 bits per heavy atom. The lowest BCUT2D eigenvalue weighted by Crippen LogP contribution is -2.51. The van der Waals surface area contributed by atoms with E-state index in [9.17, 15) is 4.79 Å². The van der Waals surface area contributed by atoms with E-state index in [1.807, 2.05) is 48.2 Å². The van der Waals surface area contributed by atoms with Gasteiger partial charge in [-0.3, -0.25) is 4.79 Å². The smallest absolute Gasteiger partial charge is 0.254 e. The molecule has 2 atom stereocenters. The fraction of sp³-hybridized carbons (Fsp3) is 0.458. The van der Waals surface area contributed by atoms with Gasteiger partial charge >= 0.3 is 0 Å². The predicted octanol–water partition coefficient (Wildman–Crippen LogP) is 4.38. The molecule has 164 valence electrons. The Labute approximate surface area is 186 Å². The number of aryl methyl sites for hydroxylation is 1. The first-order chi connectivity index (χ1) is 13.8. The molecule has 3 rings (SSSR count). The molecule has 6 heteroatoms. The standard InChI is InChI=1S/C24H32N2O3.ClH/c1-17-10-11-19(14-20(17)28-13-12-25)23(27)26-15-21(18-8-6-5-7-9-18)29-22(16-26)24(2,3)4;/h5-11,14,21-22H,12-13,15-16,25H2,1-4H3;1H/t21-,22+;/m0./s1. The van der Waals surface area contributed by atoms with Gasteiger partial charge in [0, 0.05) is 18.7 Å². The molecule has 30 heavy (non-hydrogen) atoms. The number of nitrogens with two attached hydrogens (primary N) is 1. The van der Waals surface area contributed by atoms with Crippen LogP contribution in [0.25, 0.3) is 0 Å². The van der Waals surface area contributed by atoms with Crippen molar-refractivity contribution in [3.63, 3.8) is 0 Å². The minimum absolute atomic E-state index is 0. The molecule has 5 nitrogen and oxygen atoms in total. The number of carbonyl (C=O) groups excluding carboxylic acids is 1. The number of amides is 1. The molecule has 0 spiro atoms. The zero-order valence-electron chi connectivity index (χ0n) is 18.3. The molecule has 1 heterocycles. The highest BCUT2D eigenvalue weighted by Gasteiger charge is 2.37. The maximum atomic E-state index is 13.4. The van der Waals surface area contributed by atoms with Crippen molar-refractivity contribution in [3.05, 3.63) is 65.2 Å². The van der Waals surface area contributed by atoms with E-state index in [1.165, 1.54) is 0 Å². The molecule has 2 N–H and O–H groups in total. The fourth-order valence-electron chi connectivity index (χ4n) is 3.49. The van der Waals surface area contributed by atoms with Crippen molar-refractivity contribution < 1.29 is 14.3 Å². The molecule has 0 aliphatic carbocycles. The second-order valence-corrected chi connectivity index (χ2v) is 8.72. The topological polar surface area (TPSA) is 64.8 Å². The zero-order valence-corrected chi connectivity index (χ0v) is 19.1. The summed E-state index contributed by atoms with van der Waals surface area (Å²) in [4.78, 5) is 15.3. The van der Waals surface area contributed by atoms with Crippen LogP contribution in [0, 0.1) is 12.3 Å². The first-order valence-corrected chi connectivity index (χ1v) is 10.2. The van der Waals surface area contributed by atoms with Gasteiger partial charge in [0.2, 0.25) is 0 Å². The van der Waals surface area contributed by atoms with Crippen LogP contribution in [0.3, 0.4) is 0 Å². The Morgan fingerprint density at radius 2 is 1.87 bits per heavy atom. The number of ether oxygens (including phenoxy) is 2. The second-order valence-electron chi connectivity index (χ2n) is 8.72. The predicted molar refractivity (Wildman–Crippen MR) is 122 cm³/mol. The van der Waals surface area contributed by atoms with Crippen molar-refractivity contribution in [2.24, 2.45) is 11.1 Å². The van der Waals surface area contributed by atoms with Crippen LogP contribution in [0.15, 0.2) is 48.5 Å². The summed E-state index contributed by atoms with van der Waals surface area (Å²) in [6.45, 7) is 10.4. The third kappa shape index (κ3) is 5.75. The number of hydrogen-bond acceptors (Lipinski definition) is 4. The van der Waals surface area contributed by atoms with E-state index in [2.05, 4.69) is 32.9 Å². The monoisotopic (exact) mass is 432 g/mol. The maximum Gasteiger partial charge on any atom is 0.254 e. The van der Waals surface area contributed by atoms with Gasteiger partial charge in [-0.25, -0.2) is 0 Å². The normalized spacial score (nSPS) is 19.2. The van der Waals surface area contributed by atoms with Crippen molar-refractivity contribution in [1.82, 2.24) is 4.90 Å². The first-order valence-electron chi connectivity index (χ1n) is 10.2.